The number of hydrogen-bond acceptors (Lipinski definition) is 6. The van der Waals surface area contributed by atoms with E-state index in [-0.39, 0.29) is 0 Å². The molecule has 0 aliphatic heterocycles. The van der Waals surface area contributed by atoms with Crippen molar-refractivity contribution in [2.45, 2.75) is 6.92 Å². The number of thiazole rings is 1. The molecular weight excluding hydrogens is 276 g/mol. The van der Waals surface area contributed by atoms with Gasteiger partial charge in [-0.15, -0.1) is 11.3 Å². The lowest BCUT2D eigenvalue weighted by atomic mass is 10.4. The SMILES string of the molecule is CCOC(=O)c1nc(-c2cnc(/C=C\CNC)[nH]2)cs1. The minimum Gasteiger partial charge on any atom is -0.461 e. The third-order valence-electron chi connectivity index (χ3n) is 2.42. The van der Waals surface area contributed by atoms with Gasteiger partial charge < -0.3 is 15.0 Å². The molecular formula is C13H16N4O2S. The van der Waals surface area contributed by atoms with Crippen molar-refractivity contribution in [1.82, 2.24) is 20.3 Å². The molecule has 0 amide bonds. The molecule has 0 unspecified atom stereocenters. The maximum Gasteiger partial charge on any atom is 0.367 e. The summed E-state index contributed by atoms with van der Waals surface area (Å²) in [5, 5.41) is 5.17. The smallest absolute Gasteiger partial charge is 0.367 e. The lowest BCUT2D eigenvalue weighted by Gasteiger charge is -1.95. The van der Waals surface area contributed by atoms with Crippen LogP contribution >= 0.6 is 11.3 Å². The third-order valence-corrected chi connectivity index (χ3v) is 3.25. The molecule has 0 aromatic carbocycles. The predicted octanol–water partition coefficient (Wildman–Crippen LogP) is 1.94. The number of H-pyrrole nitrogens is 1. The van der Waals surface area contributed by atoms with Crippen LogP contribution in [0.2, 0.25) is 0 Å². The first kappa shape index (κ1) is 14.4. The van der Waals surface area contributed by atoms with E-state index >= 15 is 0 Å². The molecule has 0 saturated carbocycles. The van der Waals surface area contributed by atoms with Crippen molar-refractivity contribution in [3.63, 3.8) is 0 Å². The molecule has 0 radical (unpaired) electrons. The van der Waals surface area contributed by atoms with Crippen molar-refractivity contribution in [2.75, 3.05) is 20.2 Å². The highest BCUT2D eigenvalue weighted by molar-refractivity contribution is 7.11. The molecule has 0 aliphatic carbocycles. The zero-order valence-electron chi connectivity index (χ0n) is 11.3. The first-order valence-corrected chi connectivity index (χ1v) is 7.11. The molecule has 2 rings (SSSR count). The minimum atomic E-state index is -0.391. The van der Waals surface area contributed by atoms with Gasteiger partial charge in [-0.05, 0) is 20.0 Å². The van der Waals surface area contributed by atoms with Gasteiger partial charge in [-0.25, -0.2) is 14.8 Å². The number of nitrogens with zero attached hydrogens (tertiary/aromatic N) is 2. The van der Waals surface area contributed by atoms with Gasteiger partial charge in [0.2, 0.25) is 5.01 Å². The predicted molar refractivity (Wildman–Crippen MR) is 78.6 cm³/mol. The molecule has 0 aliphatic rings. The van der Waals surface area contributed by atoms with E-state index in [1.165, 1.54) is 11.3 Å². The molecule has 6 nitrogen and oxygen atoms in total. The van der Waals surface area contributed by atoms with Gasteiger partial charge in [-0.1, -0.05) is 6.08 Å². The number of aromatic nitrogens is 3. The van der Waals surface area contributed by atoms with E-state index in [9.17, 15) is 4.79 Å². The third kappa shape index (κ3) is 3.52. The van der Waals surface area contributed by atoms with Crippen LogP contribution in [-0.2, 0) is 4.74 Å². The molecule has 0 saturated heterocycles. The van der Waals surface area contributed by atoms with Gasteiger partial charge in [0.1, 0.15) is 11.5 Å². The minimum absolute atomic E-state index is 0.345. The maximum absolute atomic E-state index is 11.6. The van der Waals surface area contributed by atoms with Gasteiger partial charge in [0, 0.05) is 11.9 Å². The van der Waals surface area contributed by atoms with Crippen molar-refractivity contribution in [3.05, 3.63) is 28.5 Å². The molecule has 0 spiro atoms. The Bertz CT molecular complexity index is 603. The Hall–Kier alpha value is -1.99. The number of rotatable bonds is 6. The lowest BCUT2D eigenvalue weighted by molar-refractivity contribution is 0.0526. The number of aromatic amines is 1. The fourth-order valence-electron chi connectivity index (χ4n) is 1.52. The Morgan fingerprint density at radius 3 is 3.20 bits per heavy atom. The highest BCUT2D eigenvalue weighted by Crippen LogP contribution is 2.21. The fourth-order valence-corrected chi connectivity index (χ4v) is 2.23. The topological polar surface area (TPSA) is 79.9 Å². The summed E-state index contributed by atoms with van der Waals surface area (Å²) in [6.07, 6.45) is 5.55. The van der Waals surface area contributed by atoms with Gasteiger partial charge in [0.05, 0.1) is 18.5 Å². The summed E-state index contributed by atoms with van der Waals surface area (Å²) in [4.78, 5) is 23.2. The van der Waals surface area contributed by atoms with Crippen molar-refractivity contribution in [1.29, 1.82) is 0 Å². The second-order valence-corrected chi connectivity index (χ2v) is 4.76. The summed E-state index contributed by atoms with van der Waals surface area (Å²) >= 11 is 1.26. The summed E-state index contributed by atoms with van der Waals surface area (Å²) in [7, 11) is 1.88. The maximum atomic E-state index is 11.6. The molecule has 2 heterocycles. The van der Waals surface area contributed by atoms with Crippen molar-refractivity contribution in [3.8, 4) is 11.4 Å². The van der Waals surface area contributed by atoms with Crippen molar-refractivity contribution < 1.29 is 9.53 Å². The Balaban J connectivity index is 2.10. The van der Waals surface area contributed by atoms with E-state index in [1.54, 1.807) is 18.5 Å². The van der Waals surface area contributed by atoms with E-state index in [0.29, 0.717) is 17.3 Å². The Morgan fingerprint density at radius 2 is 2.45 bits per heavy atom. The Morgan fingerprint density at radius 1 is 1.60 bits per heavy atom. The van der Waals surface area contributed by atoms with Gasteiger partial charge in [0.25, 0.3) is 0 Å². The quantitative estimate of drug-likeness (QED) is 0.795. The zero-order valence-corrected chi connectivity index (χ0v) is 12.2. The largest absolute Gasteiger partial charge is 0.461 e. The van der Waals surface area contributed by atoms with Crippen LogP contribution in [0.25, 0.3) is 17.5 Å². The van der Waals surface area contributed by atoms with Crippen LogP contribution in [0.4, 0.5) is 0 Å². The van der Waals surface area contributed by atoms with Gasteiger partial charge >= 0.3 is 5.97 Å². The molecule has 7 heteroatoms. The molecule has 0 bridgehead atoms. The fraction of sp³-hybridized carbons (Fsp3) is 0.308. The number of carbonyl (C=O) groups excluding carboxylic acids is 1. The van der Waals surface area contributed by atoms with Crippen LogP contribution in [0.5, 0.6) is 0 Å². The van der Waals surface area contributed by atoms with Crippen LogP contribution < -0.4 is 5.32 Å². The lowest BCUT2D eigenvalue weighted by Crippen LogP contribution is -2.03. The number of imidazole rings is 1. The van der Waals surface area contributed by atoms with Crippen LogP contribution in [0, 0.1) is 0 Å². The van der Waals surface area contributed by atoms with Crippen LogP contribution in [-0.4, -0.2) is 41.1 Å². The first-order chi connectivity index (χ1) is 9.74. The number of likely N-dealkylation sites (N-methyl/N-ethyl adjacent to an activating group) is 1. The highest BCUT2D eigenvalue weighted by atomic mass is 32.1. The summed E-state index contributed by atoms with van der Waals surface area (Å²) in [6.45, 7) is 2.89. The molecule has 106 valence electrons. The second-order valence-electron chi connectivity index (χ2n) is 3.90. The summed E-state index contributed by atoms with van der Waals surface area (Å²) in [6, 6.07) is 0. The Labute approximate surface area is 120 Å². The van der Waals surface area contributed by atoms with Gasteiger partial charge in [-0.2, -0.15) is 0 Å². The average molecular weight is 292 g/mol. The molecule has 20 heavy (non-hydrogen) atoms. The number of carbonyl (C=O) groups is 1. The standard InChI is InChI=1S/C13H16N4O2S/c1-3-19-13(18)12-17-10(8-20-12)9-7-15-11(16-9)5-4-6-14-2/h4-5,7-8,14H,3,6H2,1-2H3,(H,15,16)/b5-4-. The van der Waals surface area contributed by atoms with Crippen molar-refractivity contribution in [2.24, 2.45) is 0 Å². The van der Waals surface area contributed by atoms with Crippen molar-refractivity contribution >= 4 is 23.4 Å². The van der Waals surface area contributed by atoms with Gasteiger partial charge in [-0.3, -0.25) is 0 Å². The second kappa shape index (κ2) is 6.97. The monoisotopic (exact) mass is 292 g/mol. The average Bonchev–Trinajstić information content (AvgIpc) is 3.08. The van der Waals surface area contributed by atoms with E-state index in [4.69, 9.17) is 4.74 Å². The van der Waals surface area contributed by atoms with Crippen LogP contribution in [0.1, 0.15) is 22.6 Å². The number of esters is 1. The molecule has 0 atom stereocenters. The molecule has 2 aromatic rings. The zero-order chi connectivity index (χ0) is 14.4. The van der Waals surface area contributed by atoms with E-state index in [1.807, 2.05) is 19.2 Å². The first-order valence-electron chi connectivity index (χ1n) is 6.23. The molecule has 2 N–H and O–H groups in total. The van der Waals surface area contributed by atoms with E-state index in [2.05, 4.69) is 20.3 Å². The summed E-state index contributed by atoms with van der Waals surface area (Å²) < 4.78 is 4.91. The summed E-state index contributed by atoms with van der Waals surface area (Å²) in [5.41, 5.74) is 1.47. The van der Waals surface area contributed by atoms with Crippen LogP contribution in [0.3, 0.4) is 0 Å². The molecule has 2 aromatic heterocycles. The number of hydrogen-bond donors (Lipinski definition) is 2. The number of ether oxygens (including phenoxy) is 1. The normalized spacial score (nSPS) is 11.1. The van der Waals surface area contributed by atoms with E-state index in [0.717, 1.165) is 18.1 Å². The van der Waals surface area contributed by atoms with Crippen LogP contribution in [0.15, 0.2) is 17.7 Å². The molecule has 0 fully saturated rings. The highest BCUT2D eigenvalue weighted by Gasteiger charge is 2.13. The Kier molecular flexibility index (Phi) is 5.03. The van der Waals surface area contributed by atoms with E-state index < -0.39 is 5.97 Å². The summed E-state index contributed by atoms with van der Waals surface area (Å²) in [5.74, 6) is 0.360. The van der Waals surface area contributed by atoms with Gasteiger partial charge in [0.15, 0.2) is 0 Å². The number of nitrogens with one attached hydrogen (secondary N) is 2.